The highest BCUT2D eigenvalue weighted by molar-refractivity contribution is 6.30. The molecule has 2 aromatic rings. The molecule has 0 aliphatic rings. The van der Waals surface area contributed by atoms with Gasteiger partial charge in [-0.05, 0) is 36.7 Å². The summed E-state index contributed by atoms with van der Waals surface area (Å²) in [6, 6.07) is 12.5. The van der Waals surface area contributed by atoms with Gasteiger partial charge in [-0.1, -0.05) is 42.8 Å². The van der Waals surface area contributed by atoms with Crippen molar-refractivity contribution in [2.75, 3.05) is 13.7 Å². The normalized spacial score (nSPS) is 12.2. The Bertz CT molecular complexity index is 603. The molecule has 2 aromatic carbocycles. The Balaban J connectivity index is 2.44. The summed E-state index contributed by atoms with van der Waals surface area (Å²) in [6.45, 7) is 2.92. The van der Waals surface area contributed by atoms with E-state index >= 15 is 0 Å². The summed E-state index contributed by atoms with van der Waals surface area (Å²) in [4.78, 5) is 0. The van der Waals surface area contributed by atoms with Gasteiger partial charge < -0.3 is 10.1 Å². The van der Waals surface area contributed by atoms with Gasteiger partial charge in [0, 0.05) is 5.56 Å². The third-order valence-corrected chi connectivity index (χ3v) is 3.63. The van der Waals surface area contributed by atoms with Crippen LogP contribution in [0.5, 0.6) is 5.75 Å². The Kier molecular flexibility index (Phi) is 5.59. The summed E-state index contributed by atoms with van der Waals surface area (Å²) in [5.41, 5.74) is 1.81. The summed E-state index contributed by atoms with van der Waals surface area (Å²) in [6.07, 6.45) is 0.988. The molecule has 1 unspecified atom stereocenters. The molecule has 21 heavy (non-hydrogen) atoms. The van der Waals surface area contributed by atoms with Crippen molar-refractivity contribution in [1.29, 1.82) is 0 Å². The molecule has 1 atom stereocenters. The quantitative estimate of drug-likeness (QED) is 0.843. The monoisotopic (exact) mass is 307 g/mol. The van der Waals surface area contributed by atoms with Crippen LogP contribution in [0.15, 0.2) is 42.5 Å². The summed E-state index contributed by atoms with van der Waals surface area (Å²) in [5, 5.41) is 3.57. The Morgan fingerprint density at radius 1 is 1.24 bits per heavy atom. The van der Waals surface area contributed by atoms with Crippen molar-refractivity contribution < 1.29 is 9.13 Å². The first-order valence-electron chi connectivity index (χ1n) is 6.98. The first-order chi connectivity index (χ1) is 10.2. The topological polar surface area (TPSA) is 21.3 Å². The number of halogens is 2. The zero-order chi connectivity index (χ0) is 15.2. The molecular weight excluding hydrogens is 289 g/mol. The van der Waals surface area contributed by atoms with E-state index in [1.807, 2.05) is 30.3 Å². The Labute approximate surface area is 129 Å². The van der Waals surface area contributed by atoms with E-state index in [2.05, 4.69) is 12.2 Å². The number of nitrogens with one attached hydrogen (secondary N) is 1. The molecule has 1 N–H and O–H groups in total. The third-order valence-electron chi connectivity index (χ3n) is 3.33. The van der Waals surface area contributed by atoms with Crippen molar-refractivity contribution in [3.63, 3.8) is 0 Å². The maximum Gasteiger partial charge on any atom is 0.142 e. The van der Waals surface area contributed by atoms with Crippen LogP contribution < -0.4 is 10.1 Å². The smallest absolute Gasteiger partial charge is 0.142 e. The molecule has 0 heterocycles. The van der Waals surface area contributed by atoms with E-state index in [4.69, 9.17) is 16.3 Å². The number of hydrogen-bond donors (Lipinski definition) is 1. The van der Waals surface area contributed by atoms with E-state index in [1.165, 1.54) is 6.07 Å². The fourth-order valence-corrected chi connectivity index (χ4v) is 2.41. The molecule has 0 saturated carbocycles. The number of methoxy groups -OCH3 is 1. The van der Waals surface area contributed by atoms with E-state index in [0.29, 0.717) is 0 Å². The number of ether oxygens (including phenoxy) is 1. The lowest BCUT2D eigenvalue weighted by Crippen LogP contribution is -2.23. The van der Waals surface area contributed by atoms with E-state index in [9.17, 15) is 4.39 Å². The van der Waals surface area contributed by atoms with Crippen molar-refractivity contribution in [2.24, 2.45) is 0 Å². The van der Waals surface area contributed by atoms with E-state index < -0.39 is 5.82 Å². The predicted molar refractivity (Wildman–Crippen MR) is 84.5 cm³/mol. The van der Waals surface area contributed by atoms with Gasteiger partial charge in [0.2, 0.25) is 0 Å². The van der Waals surface area contributed by atoms with Gasteiger partial charge in [-0.2, -0.15) is 0 Å². The molecular formula is C17H19ClFNO. The lowest BCUT2D eigenvalue weighted by molar-refractivity contribution is 0.403. The Hall–Kier alpha value is -1.58. The van der Waals surface area contributed by atoms with Crippen molar-refractivity contribution in [3.8, 4) is 5.75 Å². The molecule has 0 aliphatic carbocycles. The van der Waals surface area contributed by atoms with Crippen LogP contribution in [-0.2, 0) is 0 Å². The molecule has 4 heteroatoms. The number of rotatable bonds is 6. The van der Waals surface area contributed by atoms with Gasteiger partial charge in [-0.15, -0.1) is 0 Å². The number of para-hydroxylation sites is 1. The van der Waals surface area contributed by atoms with Crippen LogP contribution in [0.2, 0.25) is 5.02 Å². The van der Waals surface area contributed by atoms with Crippen LogP contribution >= 0.6 is 11.6 Å². The van der Waals surface area contributed by atoms with E-state index in [1.54, 1.807) is 13.2 Å². The molecule has 0 aliphatic heterocycles. The fourth-order valence-electron chi connectivity index (χ4n) is 2.29. The van der Waals surface area contributed by atoms with Gasteiger partial charge in [-0.25, -0.2) is 4.39 Å². The minimum atomic E-state index is -0.410. The predicted octanol–water partition coefficient (Wildman–Crippen LogP) is 4.58. The van der Waals surface area contributed by atoms with Crippen LogP contribution in [0.3, 0.4) is 0 Å². The highest BCUT2D eigenvalue weighted by atomic mass is 35.5. The zero-order valence-corrected chi connectivity index (χ0v) is 13.0. The van der Waals surface area contributed by atoms with Gasteiger partial charge >= 0.3 is 0 Å². The SMILES string of the molecule is CCCNC(c1ccc(Cl)c(F)c1)c1ccccc1OC. The maximum absolute atomic E-state index is 13.8. The van der Waals surface area contributed by atoms with Gasteiger partial charge in [0.05, 0.1) is 18.2 Å². The highest BCUT2D eigenvalue weighted by Gasteiger charge is 2.18. The van der Waals surface area contributed by atoms with Crippen molar-refractivity contribution in [2.45, 2.75) is 19.4 Å². The van der Waals surface area contributed by atoms with Crippen molar-refractivity contribution >= 4 is 11.6 Å². The molecule has 2 rings (SSSR count). The zero-order valence-electron chi connectivity index (χ0n) is 12.2. The highest BCUT2D eigenvalue weighted by Crippen LogP contribution is 2.31. The first-order valence-corrected chi connectivity index (χ1v) is 7.36. The number of hydrogen-bond acceptors (Lipinski definition) is 2. The standard InChI is InChI=1S/C17H19ClFNO/c1-3-10-20-17(12-8-9-14(18)15(19)11-12)13-6-4-5-7-16(13)21-2/h4-9,11,17,20H,3,10H2,1-2H3. The van der Waals surface area contributed by atoms with Crippen LogP contribution in [-0.4, -0.2) is 13.7 Å². The molecule has 112 valence electrons. The average Bonchev–Trinajstić information content (AvgIpc) is 2.51. The molecule has 0 amide bonds. The largest absolute Gasteiger partial charge is 0.496 e. The minimum absolute atomic E-state index is 0.132. The minimum Gasteiger partial charge on any atom is -0.496 e. The van der Waals surface area contributed by atoms with Crippen LogP contribution in [0.25, 0.3) is 0 Å². The van der Waals surface area contributed by atoms with E-state index in [0.717, 1.165) is 29.8 Å². The summed E-state index contributed by atoms with van der Waals surface area (Å²) < 4.78 is 19.2. The van der Waals surface area contributed by atoms with Crippen LogP contribution in [0.1, 0.15) is 30.5 Å². The van der Waals surface area contributed by atoms with Gasteiger partial charge in [0.25, 0.3) is 0 Å². The third kappa shape index (κ3) is 3.74. The Morgan fingerprint density at radius 2 is 2.00 bits per heavy atom. The summed E-state index contributed by atoms with van der Waals surface area (Å²) in [5.74, 6) is 0.369. The lowest BCUT2D eigenvalue weighted by Gasteiger charge is -2.22. The van der Waals surface area contributed by atoms with Gasteiger partial charge in [0.15, 0.2) is 0 Å². The molecule has 0 radical (unpaired) electrons. The second kappa shape index (κ2) is 7.43. The van der Waals surface area contributed by atoms with Crippen LogP contribution in [0.4, 0.5) is 4.39 Å². The fraction of sp³-hybridized carbons (Fsp3) is 0.294. The van der Waals surface area contributed by atoms with E-state index in [-0.39, 0.29) is 11.1 Å². The molecule has 0 saturated heterocycles. The number of benzene rings is 2. The van der Waals surface area contributed by atoms with Crippen LogP contribution in [0, 0.1) is 5.82 Å². The second-order valence-corrected chi connectivity index (χ2v) is 5.21. The molecule has 0 aromatic heterocycles. The average molecular weight is 308 g/mol. The molecule has 0 bridgehead atoms. The van der Waals surface area contributed by atoms with Crippen molar-refractivity contribution in [3.05, 3.63) is 64.4 Å². The second-order valence-electron chi connectivity index (χ2n) is 4.80. The van der Waals surface area contributed by atoms with Gasteiger partial charge in [-0.3, -0.25) is 0 Å². The molecule has 0 spiro atoms. The Morgan fingerprint density at radius 3 is 2.67 bits per heavy atom. The van der Waals surface area contributed by atoms with Gasteiger partial charge in [0.1, 0.15) is 11.6 Å². The molecule has 2 nitrogen and oxygen atoms in total. The lowest BCUT2D eigenvalue weighted by atomic mass is 9.97. The maximum atomic E-state index is 13.8. The molecule has 0 fully saturated rings. The first kappa shape index (κ1) is 15.8. The summed E-state index contributed by atoms with van der Waals surface area (Å²) >= 11 is 5.77. The van der Waals surface area contributed by atoms with Crippen molar-refractivity contribution in [1.82, 2.24) is 5.32 Å². The summed E-state index contributed by atoms with van der Waals surface area (Å²) in [7, 11) is 1.64.